The molecule has 1 aliphatic heterocycles. The SMILES string of the molecule is COc1ccc2ccnc(N3CC(C)CC(N)C3)c2c1. The third-order valence-corrected chi connectivity index (χ3v) is 3.94. The van der Waals surface area contributed by atoms with Crippen molar-refractivity contribution in [3.05, 3.63) is 30.5 Å². The van der Waals surface area contributed by atoms with Gasteiger partial charge in [0.25, 0.3) is 0 Å². The smallest absolute Gasteiger partial charge is 0.136 e. The normalized spacial score (nSPS) is 23.1. The molecule has 0 radical (unpaired) electrons. The molecule has 2 atom stereocenters. The van der Waals surface area contributed by atoms with Gasteiger partial charge in [-0.05, 0) is 35.9 Å². The van der Waals surface area contributed by atoms with Crippen molar-refractivity contribution in [2.24, 2.45) is 11.7 Å². The molecule has 0 amide bonds. The Morgan fingerprint density at radius 2 is 2.15 bits per heavy atom. The van der Waals surface area contributed by atoms with Gasteiger partial charge in [0.15, 0.2) is 0 Å². The number of piperidine rings is 1. The van der Waals surface area contributed by atoms with E-state index in [1.54, 1.807) is 7.11 Å². The largest absolute Gasteiger partial charge is 0.497 e. The standard InChI is InChI=1S/C16H21N3O/c1-11-7-13(17)10-19(9-11)16-15-8-14(20-2)4-3-12(15)5-6-18-16/h3-6,8,11,13H,7,9-10,17H2,1-2H3. The molecule has 2 N–H and O–H groups in total. The predicted molar refractivity (Wildman–Crippen MR) is 82.3 cm³/mol. The molecule has 106 valence electrons. The lowest BCUT2D eigenvalue weighted by atomic mass is 9.96. The number of anilines is 1. The number of benzene rings is 1. The number of fused-ring (bicyclic) bond motifs is 1. The minimum absolute atomic E-state index is 0.224. The average Bonchev–Trinajstić information content (AvgIpc) is 2.45. The number of hydrogen-bond acceptors (Lipinski definition) is 4. The van der Waals surface area contributed by atoms with Gasteiger partial charge >= 0.3 is 0 Å². The van der Waals surface area contributed by atoms with E-state index in [2.05, 4.69) is 28.9 Å². The molecule has 1 aliphatic rings. The average molecular weight is 271 g/mol. The quantitative estimate of drug-likeness (QED) is 0.911. The molecule has 2 heterocycles. The van der Waals surface area contributed by atoms with Crippen molar-refractivity contribution in [1.82, 2.24) is 4.98 Å². The molecule has 1 fully saturated rings. The van der Waals surface area contributed by atoms with Crippen LogP contribution in [-0.4, -0.2) is 31.2 Å². The summed E-state index contributed by atoms with van der Waals surface area (Å²) >= 11 is 0. The fraction of sp³-hybridized carbons (Fsp3) is 0.438. The summed E-state index contributed by atoms with van der Waals surface area (Å²) in [6.07, 6.45) is 2.96. The summed E-state index contributed by atoms with van der Waals surface area (Å²) in [4.78, 5) is 6.90. The Labute approximate surface area is 119 Å². The Hall–Kier alpha value is -1.81. The Bertz CT molecular complexity index is 604. The zero-order valence-corrected chi connectivity index (χ0v) is 12.0. The maximum atomic E-state index is 6.16. The van der Waals surface area contributed by atoms with E-state index in [0.717, 1.165) is 36.5 Å². The van der Waals surface area contributed by atoms with Crippen molar-refractivity contribution in [2.45, 2.75) is 19.4 Å². The van der Waals surface area contributed by atoms with E-state index >= 15 is 0 Å². The van der Waals surface area contributed by atoms with Crippen molar-refractivity contribution in [2.75, 3.05) is 25.1 Å². The third-order valence-electron chi connectivity index (χ3n) is 3.94. The number of pyridine rings is 1. The fourth-order valence-corrected chi connectivity index (χ4v) is 3.08. The number of methoxy groups -OCH3 is 1. The van der Waals surface area contributed by atoms with Gasteiger partial charge in [-0.1, -0.05) is 13.0 Å². The second kappa shape index (κ2) is 5.29. The molecule has 1 aromatic heterocycles. The molecular weight excluding hydrogens is 250 g/mol. The summed E-state index contributed by atoms with van der Waals surface area (Å²) in [5.74, 6) is 2.48. The first-order valence-corrected chi connectivity index (χ1v) is 7.10. The van der Waals surface area contributed by atoms with Crippen LogP contribution >= 0.6 is 0 Å². The van der Waals surface area contributed by atoms with Gasteiger partial charge < -0.3 is 15.4 Å². The lowest BCUT2D eigenvalue weighted by Crippen LogP contribution is -2.46. The summed E-state index contributed by atoms with van der Waals surface area (Å²) < 4.78 is 5.34. The van der Waals surface area contributed by atoms with Gasteiger partial charge in [0.05, 0.1) is 7.11 Å². The predicted octanol–water partition coefficient (Wildman–Crippen LogP) is 2.42. The molecule has 20 heavy (non-hydrogen) atoms. The minimum atomic E-state index is 0.224. The number of nitrogens with two attached hydrogens (primary N) is 1. The van der Waals surface area contributed by atoms with Crippen LogP contribution in [0, 0.1) is 5.92 Å². The molecule has 0 saturated carbocycles. The monoisotopic (exact) mass is 271 g/mol. The molecule has 0 bridgehead atoms. The molecule has 1 saturated heterocycles. The van der Waals surface area contributed by atoms with Crippen LogP contribution in [0.25, 0.3) is 10.8 Å². The highest BCUT2D eigenvalue weighted by atomic mass is 16.5. The van der Waals surface area contributed by atoms with Crippen LogP contribution in [0.3, 0.4) is 0 Å². The molecule has 2 unspecified atom stereocenters. The Morgan fingerprint density at radius 3 is 2.90 bits per heavy atom. The highest BCUT2D eigenvalue weighted by Crippen LogP contribution is 2.30. The van der Waals surface area contributed by atoms with E-state index in [1.807, 2.05) is 18.3 Å². The third kappa shape index (κ3) is 2.43. The molecule has 0 aliphatic carbocycles. The van der Waals surface area contributed by atoms with Crippen LogP contribution in [0.15, 0.2) is 30.5 Å². The molecule has 0 spiro atoms. The summed E-state index contributed by atoms with van der Waals surface area (Å²) in [7, 11) is 1.69. The molecular formula is C16H21N3O. The Morgan fingerprint density at radius 1 is 1.30 bits per heavy atom. The molecule has 2 aromatic rings. The summed E-state index contributed by atoms with van der Waals surface area (Å²) in [5, 5.41) is 2.32. The van der Waals surface area contributed by atoms with Crippen LogP contribution in [0.2, 0.25) is 0 Å². The number of nitrogens with zero attached hydrogens (tertiary/aromatic N) is 2. The van der Waals surface area contributed by atoms with Crippen molar-refractivity contribution >= 4 is 16.6 Å². The van der Waals surface area contributed by atoms with Crippen molar-refractivity contribution < 1.29 is 4.74 Å². The first-order valence-electron chi connectivity index (χ1n) is 7.10. The highest BCUT2D eigenvalue weighted by molar-refractivity contribution is 5.93. The van der Waals surface area contributed by atoms with Gasteiger partial charge in [0.1, 0.15) is 11.6 Å². The van der Waals surface area contributed by atoms with Gasteiger partial charge in [0.2, 0.25) is 0 Å². The van der Waals surface area contributed by atoms with Crippen molar-refractivity contribution in [3.63, 3.8) is 0 Å². The first kappa shape index (κ1) is 13.2. The molecule has 3 rings (SSSR count). The summed E-state index contributed by atoms with van der Waals surface area (Å²) in [6, 6.07) is 8.37. The molecule has 4 nitrogen and oxygen atoms in total. The number of ether oxygens (including phenoxy) is 1. The van der Waals surface area contributed by atoms with Crippen LogP contribution < -0.4 is 15.4 Å². The van der Waals surface area contributed by atoms with E-state index in [9.17, 15) is 0 Å². The van der Waals surface area contributed by atoms with Gasteiger partial charge in [-0.3, -0.25) is 0 Å². The van der Waals surface area contributed by atoms with E-state index in [0.29, 0.717) is 5.92 Å². The summed E-state index contributed by atoms with van der Waals surface area (Å²) in [6.45, 7) is 4.13. The van der Waals surface area contributed by atoms with E-state index < -0.39 is 0 Å². The van der Waals surface area contributed by atoms with E-state index in [-0.39, 0.29) is 6.04 Å². The van der Waals surface area contributed by atoms with Crippen LogP contribution in [0.1, 0.15) is 13.3 Å². The van der Waals surface area contributed by atoms with Crippen molar-refractivity contribution in [1.29, 1.82) is 0 Å². The first-order chi connectivity index (χ1) is 9.67. The summed E-state index contributed by atoms with van der Waals surface area (Å²) in [5.41, 5.74) is 6.16. The van der Waals surface area contributed by atoms with Gasteiger partial charge in [-0.15, -0.1) is 0 Å². The second-order valence-electron chi connectivity index (χ2n) is 5.73. The molecule has 4 heteroatoms. The topological polar surface area (TPSA) is 51.4 Å². The minimum Gasteiger partial charge on any atom is -0.497 e. The maximum absolute atomic E-state index is 6.16. The Kier molecular flexibility index (Phi) is 3.49. The van der Waals surface area contributed by atoms with Gasteiger partial charge in [0, 0.05) is 30.7 Å². The number of hydrogen-bond donors (Lipinski definition) is 1. The van der Waals surface area contributed by atoms with Crippen LogP contribution in [0.5, 0.6) is 5.75 Å². The second-order valence-corrected chi connectivity index (χ2v) is 5.73. The lowest BCUT2D eigenvalue weighted by molar-refractivity contribution is 0.400. The fourth-order valence-electron chi connectivity index (χ4n) is 3.08. The van der Waals surface area contributed by atoms with Gasteiger partial charge in [-0.25, -0.2) is 4.98 Å². The highest BCUT2D eigenvalue weighted by Gasteiger charge is 2.24. The van der Waals surface area contributed by atoms with Gasteiger partial charge in [-0.2, -0.15) is 0 Å². The molecule has 1 aromatic carbocycles. The Balaban J connectivity index is 2.05. The lowest BCUT2D eigenvalue weighted by Gasteiger charge is -2.36. The van der Waals surface area contributed by atoms with E-state index in [1.165, 1.54) is 5.39 Å². The van der Waals surface area contributed by atoms with Crippen molar-refractivity contribution in [3.8, 4) is 5.75 Å². The number of rotatable bonds is 2. The van der Waals surface area contributed by atoms with Crippen LogP contribution in [-0.2, 0) is 0 Å². The zero-order chi connectivity index (χ0) is 14.1. The number of aromatic nitrogens is 1. The zero-order valence-electron chi connectivity index (χ0n) is 12.0. The maximum Gasteiger partial charge on any atom is 0.136 e. The van der Waals surface area contributed by atoms with E-state index in [4.69, 9.17) is 10.5 Å². The van der Waals surface area contributed by atoms with Crippen LogP contribution in [0.4, 0.5) is 5.82 Å².